The van der Waals surface area contributed by atoms with Crippen molar-refractivity contribution in [2.45, 2.75) is 51.3 Å². The van der Waals surface area contributed by atoms with Crippen LogP contribution in [0.1, 0.15) is 45.2 Å². The van der Waals surface area contributed by atoms with Crippen LogP contribution in [0.3, 0.4) is 0 Å². The highest BCUT2D eigenvalue weighted by molar-refractivity contribution is 5.69. The van der Waals surface area contributed by atoms with Crippen molar-refractivity contribution < 1.29 is 18.3 Å². The largest absolute Gasteiger partial charge is 0.444 e. The lowest BCUT2D eigenvalue weighted by molar-refractivity contribution is 0.00754. The molecule has 0 saturated carbocycles. The van der Waals surface area contributed by atoms with Gasteiger partial charge in [-0.15, -0.1) is 0 Å². The Morgan fingerprint density at radius 2 is 2.05 bits per heavy atom. The lowest BCUT2D eigenvalue weighted by atomic mass is 9.92. The van der Waals surface area contributed by atoms with Gasteiger partial charge in [0.25, 0.3) is 0 Å². The monoisotopic (exact) mass is 312 g/mol. The predicted molar refractivity (Wildman–Crippen MR) is 79.2 cm³/mol. The van der Waals surface area contributed by atoms with E-state index >= 15 is 0 Å². The minimum atomic E-state index is -0.651. The third-order valence-electron chi connectivity index (χ3n) is 3.59. The van der Waals surface area contributed by atoms with Crippen LogP contribution in [0.25, 0.3) is 0 Å². The van der Waals surface area contributed by atoms with Gasteiger partial charge in [-0.3, -0.25) is 0 Å². The summed E-state index contributed by atoms with van der Waals surface area (Å²) >= 11 is 0. The molecule has 1 saturated heterocycles. The SMILES string of the molecule is CC(C)(C)OC(=O)N1CCC(N)CC1c1cc(F)ccc1F. The van der Waals surface area contributed by atoms with Crippen LogP contribution in [0.15, 0.2) is 18.2 Å². The molecule has 1 aromatic carbocycles. The van der Waals surface area contributed by atoms with E-state index in [1.165, 1.54) is 4.90 Å². The van der Waals surface area contributed by atoms with Crippen LogP contribution >= 0.6 is 0 Å². The third kappa shape index (κ3) is 3.94. The molecule has 1 aliphatic heterocycles. The highest BCUT2D eigenvalue weighted by atomic mass is 19.1. The number of carbonyl (C=O) groups excluding carboxylic acids is 1. The molecule has 22 heavy (non-hydrogen) atoms. The number of halogens is 2. The number of nitrogens with two attached hydrogens (primary N) is 1. The first-order valence-corrected chi connectivity index (χ1v) is 7.37. The summed E-state index contributed by atoms with van der Waals surface area (Å²) in [7, 11) is 0. The zero-order valence-corrected chi connectivity index (χ0v) is 13.1. The molecule has 1 amide bonds. The second-order valence-corrected chi connectivity index (χ2v) is 6.64. The van der Waals surface area contributed by atoms with Gasteiger partial charge in [0.1, 0.15) is 17.2 Å². The molecule has 0 bridgehead atoms. The van der Waals surface area contributed by atoms with E-state index in [-0.39, 0.29) is 11.6 Å². The number of piperidine rings is 1. The maximum absolute atomic E-state index is 14.1. The molecule has 1 aliphatic rings. The average molecular weight is 312 g/mol. The van der Waals surface area contributed by atoms with Crippen molar-refractivity contribution in [1.82, 2.24) is 4.90 Å². The van der Waals surface area contributed by atoms with Crippen molar-refractivity contribution in [2.75, 3.05) is 6.54 Å². The Kier molecular flexibility index (Phi) is 4.70. The Morgan fingerprint density at radius 1 is 1.36 bits per heavy atom. The number of likely N-dealkylation sites (tertiary alicyclic amines) is 1. The molecule has 0 aliphatic carbocycles. The van der Waals surface area contributed by atoms with E-state index in [2.05, 4.69) is 0 Å². The van der Waals surface area contributed by atoms with Crippen molar-refractivity contribution in [3.63, 3.8) is 0 Å². The van der Waals surface area contributed by atoms with Crippen molar-refractivity contribution in [2.24, 2.45) is 5.73 Å². The van der Waals surface area contributed by atoms with Gasteiger partial charge < -0.3 is 15.4 Å². The summed E-state index contributed by atoms with van der Waals surface area (Å²) in [6.45, 7) is 5.64. The normalized spacial score (nSPS) is 22.5. The predicted octanol–water partition coefficient (Wildman–Crippen LogP) is 3.36. The summed E-state index contributed by atoms with van der Waals surface area (Å²) in [5.41, 5.74) is 5.43. The van der Waals surface area contributed by atoms with E-state index in [1.54, 1.807) is 20.8 Å². The van der Waals surface area contributed by atoms with Crippen LogP contribution in [0.4, 0.5) is 13.6 Å². The summed E-state index contributed by atoms with van der Waals surface area (Å²) in [5, 5.41) is 0. The van der Waals surface area contributed by atoms with Gasteiger partial charge in [0.05, 0.1) is 6.04 Å². The molecule has 1 fully saturated rings. The first-order valence-electron chi connectivity index (χ1n) is 7.37. The number of hydrogen-bond donors (Lipinski definition) is 1. The van der Waals surface area contributed by atoms with E-state index < -0.39 is 29.4 Å². The second-order valence-electron chi connectivity index (χ2n) is 6.64. The molecule has 2 N–H and O–H groups in total. The molecular formula is C16H22F2N2O2. The van der Waals surface area contributed by atoms with Crippen molar-refractivity contribution in [1.29, 1.82) is 0 Å². The Hall–Kier alpha value is -1.69. The van der Waals surface area contributed by atoms with Crippen LogP contribution < -0.4 is 5.73 Å². The summed E-state index contributed by atoms with van der Waals surface area (Å²) in [6, 6.07) is 2.47. The zero-order chi connectivity index (χ0) is 16.5. The average Bonchev–Trinajstić information content (AvgIpc) is 2.39. The summed E-state index contributed by atoms with van der Waals surface area (Å²) in [6.07, 6.45) is 0.444. The second kappa shape index (κ2) is 6.20. The number of nitrogens with zero attached hydrogens (tertiary/aromatic N) is 1. The number of rotatable bonds is 1. The molecule has 1 aromatic rings. The van der Waals surface area contributed by atoms with Crippen molar-refractivity contribution in [3.8, 4) is 0 Å². The van der Waals surface area contributed by atoms with Crippen molar-refractivity contribution >= 4 is 6.09 Å². The highest BCUT2D eigenvalue weighted by Crippen LogP contribution is 2.33. The Labute approximate surface area is 129 Å². The van der Waals surface area contributed by atoms with E-state index in [9.17, 15) is 13.6 Å². The van der Waals surface area contributed by atoms with Gasteiger partial charge in [-0.1, -0.05) is 0 Å². The van der Waals surface area contributed by atoms with Gasteiger partial charge in [-0.2, -0.15) is 0 Å². The van der Waals surface area contributed by atoms with Crippen LogP contribution in [-0.4, -0.2) is 29.2 Å². The van der Waals surface area contributed by atoms with Gasteiger partial charge in [0.15, 0.2) is 0 Å². The molecule has 0 radical (unpaired) electrons. The number of benzene rings is 1. The zero-order valence-electron chi connectivity index (χ0n) is 13.1. The minimum Gasteiger partial charge on any atom is -0.444 e. The fraction of sp³-hybridized carbons (Fsp3) is 0.562. The molecule has 6 heteroatoms. The number of carbonyl (C=O) groups is 1. The fourth-order valence-electron chi connectivity index (χ4n) is 2.60. The lowest BCUT2D eigenvalue weighted by Crippen LogP contribution is -2.47. The Morgan fingerprint density at radius 3 is 2.68 bits per heavy atom. The van der Waals surface area contributed by atoms with Crippen molar-refractivity contribution in [3.05, 3.63) is 35.4 Å². The molecule has 0 spiro atoms. The summed E-state index contributed by atoms with van der Waals surface area (Å²) in [4.78, 5) is 13.8. The maximum Gasteiger partial charge on any atom is 0.410 e. The smallest absolute Gasteiger partial charge is 0.410 e. The quantitative estimate of drug-likeness (QED) is 0.865. The van der Waals surface area contributed by atoms with E-state index in [0.717, 1.165) is 18.2 Å². The maximum atomic E-state index is 14.1. The number of amides is 1. The topological polar surface area (TPSA) is 55.6 Å². The summed E-state index contributed by atoms with van der Waals surface area (Å²) in [5.74, 6) is -1.09. The third-order valence-corrected chi connectivity index (χ3v) is 3.59. The van der Waals surface area contributed by atoms with Crippen LogP contribution in [0, 0.1) is 11.6 Å². The highest BCUT2D eigenvalue weighted by Gasteiger charge is 2.35. The van der Waals surface area contributed by atoms with Gasteiger partial charge in [-0.25, -0.2) is 13.6 Å². The van der Waals surface area contributed by atoms with Gasteiger partial charge in [0, 0.05) is 18.2 Å². The van der Waals surface area contributed by atoms with E-state index in [0.29, 0.717) is 19.4 Å². The van der Waals surface area contributed by atoms with Crippen LogP contribution in [0.5, 0.6) is 0 Å². The van der Waals surface area contributed by atoms with Gasteiger partial charge in [-0.05, 0) is 51.8 Å². The summed E-state index contributed by atoms with van der Waals surface area (Å²) < 4.78 is 32.9. The van der Waals surface area contributed by atoms with Crippen LogP contribution in [-0.2, 0) is 4.74 Å². The minimum absolute atomic E-state index is 0.140. The Bertz CT molecular complexity index is 558. The van der Waals surface area contributed by atoms with Crippen LogP contribution in [0.2, 0.25) is 0 Å². The number of hydrogen-bond acceptors (Lipinski definition) is 3. The molecule has 4 nitrogen and oxygen atoms in total. The van der Waals surface area contributed by atoms with E-state index in [4.69, 9.17) is 10.5 Å². The molecule has 1 heterocycles. The molecule has 2 unspecified atom stereocenters. The molecule has 0 aromatic heterocycles. The molecule has 122 valence electrons. The Balaban J connectivity index is 2.31. The first kappa shape index (κ1) is 16.7. The molecule has 2 rings (SSSR count). The number of ether oxygens (including phenoxy) is 1. The lowest BCUT2D eigenvalue weighted by Gasteiger charge is -2.39. The molecular weight excluding hydrogens is 290 g/mol. The first-order chi connectivity index (χ1) is 10.2. The van der Waals surface area contributed by atoms with Gasteiger partial charge >= 0.3 is 6.09 Å². The standard InChI is InChI=1S/C16H22F2N2O2/c1-16(2,3)22-15(21)20-7-6-11(19)9-14(20)12-8-10(17)4-5-13(12)18/h4-5,8,11,14H,6-7,9,19H2,1-3H3. The molecule has 2 atom stereocenters. The van der Waals surface area contributed by atoms with E-state index in [1.807, 2.05) is 0 Å². The van der Waals surface area contributed by atoms with Gasteiger partial charge in [0.2, 0.25) is 0 Å². The fourth-order valence-corrected chi connectivity index (χ4v) is 2.60.